The van der Waals surface area contributed by atoms with Crippen LogP contribution in [0.3, 0.4) is 0 Å². The molecule has 1 amide bonds. The Hall–Kier alpha value is -1.06. The number of nitrogens with one attached hydrogen (secondary N) is 2. The number of halogens is 1. The number of carbonyl (C=O) groups excluding carboxylic acids is 1. The van der Waals surface area contributed by atoms with Crippen LogP contribution in [0.25, 0.3) is 0 Å². The van der Waals surface area contributed by atoms with E-state index in [-0.39, 0.29) is 5.91 Å². The lowest BCUT2D eigenvalue weighted by molar-refractivity contribution is -0.120. The third kappa shape index (κ3) is 3.95. The largest absolute Gasteiger partial charge is 0.356 e. The number of carbonyl (C=O) groups is 1. The summed E-state index contributed by atoms with van der Waals surface area (Å²) in [5.41, 5.74) is 1.26. The van der Waals surface area contributed by atoms with Gasteiger partial charge in [-0.15, -0.1) is 0 Å². The summed E-state index contributed by atoms with van der Waals surface area (Å²) in [6, 6.07) is 8.59. The average molecular weight is 281 g/mol. The second-order valence-electron chi connectivity index (χ2n) is 5.04. The van der Waals surface area contributed by atoms with Crippen molar-refractivity contribution in [3.8, 4) is 0 Å². The Morgan fingerprint density at radius 3 is 2.79 bits per heavy atom. The molecule has 0 unspecified atom stereocenters. The van der Waals surface area contributed by atoms with Crippen LogP contribution in [0.15, 0.2) is 24.3 Å². The summed E-state index contributed by atoms with van der Waals surface area (Å²) in [5.74, 6) is 0.688. The Labute approximate surface area is 119 Å². The molecule has 1 aliphatic rings. The number of hydrogen-bond donors (Lipinski definition) is 2. The first-order chi connectivity index (χ1) is 9.20. The van der Waals surface area contributed by atoms with E-state index in [0.717, 1.165) is 24.4 Å². The van der Waals surface area contributed by atoms with Crippen molar-refractivity contribution in [3.05, 3.63) is 34.9 Å². The van der Waals surface area contributed by atoms with E-state index in [1.165, 1.54) is 5.56 Å². The van der Waals surface area contributed by atoms with E-state index in [4.69, 9.17) is 11.6 Å². The lowest BCUT2D eigenvalue weighted by atomic mass is 9.76. The van der Waals surface area contributed by atoms with Gasteiger partial charge in [-0.1, -0.05) is 29.8 Å². The van der Waals surface area contributed by atoms with E-state index in [2.05, 4.69) is 16.7 Å². The molecule has 104 valence electrons. The fourth-order valence-electron chi connectivity index (χ4n) is 2.52. The molecule has 0 heterocycles. The van der Waals surface area contributed by atoms with Crippen molar-refractivity contribution in [2.75, 3.05) is 13.1 Å². The molecule has 4 heteroatoms. The van der Waals surface area contributed by atoms with Gasteiger partial charge < -0.3 is 10.6 Å². The van der Waals surface area contributed by atoms with Crippen LogP contribution in [0, 0.1) is 0 Å². The minimum absolute atomic E-state index is 0.122. The molecule has 0 aliphatic heterocycles. The maximum Gasteiger partial charge on any atom is 0.221 e. The number of hydrogen-bond acceptors (Lipinski definition) is 2. The molecule has 2 N–H and O–H groups in total. The van der Waals surface area contributed by atoms with Crippen LogP contribution in [0.5, 0.6) is 0 Å². The maximum atomic E-state index is 11.3. The quantitative estimate of drug-likeness (QED) is 0.841. The van der Waals surface area contributed by atoms with Gasteiger partial charge in [-0.2, -0.15) is 0 Å². The molecular formula is C15H21ClN2O. The highest BCUT2D eigenvalue weighted by molar-refractivity contribution is 6.31. The van der Waals surface area contributed by atoms with Gasteiger partial charge in [-0.3, -0.25) is 4.79 Å². The normalized spacial score (nSPS) is 21.8. The van der Waals surface area contributed by atoms with E-state index in [0.29, 0.717) is 24.9 Å². The summed E-state index contributed by atoms with van der Waals surface area (Å²) >= 11 is 6.19. The fraction of sp³-hybridized carbons (Fsp3) is 0.533. The molecule has 1 aromatic carbocycles. The Balaban J connectivity index is 1.67. The zero-order chi connectivity index (χ0) is 13.7. The zero-order valence-corrected chi connectivity index (χ0v) is 12.0. The number of benzene rings is 1. The summed E-state index contributed by atoms with van der Waals surface area (Å²) in [5, 5.41) is 7.09. The van der Waals surface area contributed by atoms with Gasteiger partial charge in [0.15, 0.2) is 0 Å². The van der Waals surface area contributed by atoms with Gasteiger partial charge in [0, 0.05) is 30.6 Å². The highest BCUT2D eigenvalue weighted by Gasteiger charge is 2.30. The summed E-state index contributed by atoms with van der Waals surface area (Å²) in [7, 11) is 0. The molecule has 0 bridgehead atoms. The molecular weight excluding hydrogens is 260 g/mol. The highest BCUT2D eigenvalue weighted by Crippen LogP contribution is 2.39. The molecule has 0 atom stereocenters. The van der Waals surface area contributed by atoms with Crippen LogP contribution < -0.4 is 10.6 Å². The molecule has 1 saturated carbocycles. The van der Waals surface area contributed by atoms with Crippen LogP contribution in [-0.4, -0.2) is 25.0 Å². The number of amides is 1. The van der Waals surface area contributed by atoms with Crippen LogP contribution in [0.4, 0.5) is 0 Å². The van der Waals surface area contributed by atoms with Crippen LogP contribution in [0.1, 0.15) is 37.7 Å². The van der Waals surface area contributed by atoms with E-state index in [9.17, 15) is 4.79 Å². The maximum absolute atomic E-state index is 11.3. The van der Waals surface area contributed by atoms with Gasteiger partial charge in [-0.25, -0.2) is 0 Å². The lowest BCUT2D eigenvalue weighted by Gasteiger charge is -2.36. The summed E-state index contributed by atoms with van der Waals surface area (Å²) in [4.78, 5) is 11.3. The van der Waals surface area contributed by atoms with Crippen molar-refractivity contribution >= 4 is 17.5 Å². The van der Waals surface area contributed by atoms with Crippen LogP contribution >= 0.6 is 11.6 Å². The Kier molecular flexibility index (Phi) is 5.23. The highest BCUT2D eigenvalue weighted by atomic mass is 35.5. The van der Waals surface area contributed by atoms with Crippen molar-refractivity contribution in [1.29, 1.82) is 0 Å². The minimum Gasteiger partial charge on any atom is -0.356 e. The predicted octanol–water partition coefficient (Wildman–Crippen LogP) is 2.70. The van der Waals surface area contributed by atoms with E-state index < -0.39 is 0 Å². The van der Waals surface area contributed by atoms with Gasteiger partial charge in [0.25, 0.3) is 0 Å². The molecule has 1 fully saturated rings. The third-order valence-electron chi connectivity index (χ3n) is 3.64. The Morgan fingerprint density at radius 1 is 1.37 bits per heavy atom. The molecule has 1 aliphatic carbocycles. The van der Waals surface area contributed by atoms with E-state index >= 15 is 0 Å². The zero-order valence-electron chi connectivity index (χ0n) is 11.3. The van der Waals surface area contributed by atoms with Gasteiger partial charge in [-0.05, 0) is 37.3 Å². The first kappa shape index (κ1) is 14.4. The van der Waals surface area contributed by atoms with Crippen molar-refractivity contribution in [3.63, 3.8) is 0 Å². The second kappa shape index (κ2) is 6.92. The van der Waals surface area contributed by atoms with Gasteiger partial charge in [0.2, 0.25) is 5.91 Å². The van der Waals surface area contributed by atoms with Crippen molar-refractivity contribution in [2.24, 2.45) is 0 Å². The molecule has 0 saturated heterocycles. The van der Waals surface area contributed by atoms with Crippen molar-refractivity contribution in [2.45, 2.75) is 38.1 Å². The molecule has 0 aromatic heterocycles. The van der Waals surface area contributed by atoms with Gasteiger partial charge in [0.1, 0.15) is 0 Å². The van der Waals surface area contributed by atoms with Crippen LogP contribution in [-0.2, 0) is 4.79 Å². The third-order valence-corrected chi connectivity index (χ3v) is 3.99. The number of rotatable bonds is 6. The van der Waals surface area contributed by atoms with Gasteiger partial charge >= 0.3 is 0 Å². The lowest BCUT2D eigenvalue weighted by Crippen LogP contribution is -2.41. The molecule has 3 nitrogen and oxygen atoms in total. The summed E-state index contributed by atoms with van der Waals surface area (Å²) in [6.07, 6.45) is 2.78. The minimum atomic E-state index is 0.122. The monoisotopic (exact) mass is 280 g/mol. The van der Waals surface area contributed by atoms with E-state index in [1.807, 2.05) is 25.1 Å². The molecule has 0 radical (unpaired) electrons. The topological polar surface area (TPSA) is 41.1 Å². The van der Waals surface area contributed by atoms with E-state index in [1.54, 1.807) is 0 Å². The SMILES string of the molecule is CCNC(=O)CCNC1CC(c2ccccc2Cl)C1. The van der Waals surface area contributed by atoms with Crippen LogP contribution in [0.2, 0.25) is 5.02 Å². The average Bonchev–Trinajstić information content (AvgIpc) is 2.34. The standard InChI is InChI=1S/C15H21ClN2O/c1-2-17-15(19)7-8-18-12-9-11(10-12)13-5-3-4-6-14(13)16/h3-6,11-12,18H,2,7-10H2,1H3,(H,17,19). The van der Waals surface area contributed by atoms with Gasteiger partial charge in [0.05, 0.1) is 0 Å². The molecule has 1 aromatic rings. The molecule has 2 rings (SSSR count). The smallest absolute Gasteiger partial charge is 0.221 e. The molecule has 19 heavy (non-hydrogen) atoms. The first-order valence-corrected chi connectivity index (χ1v) is 7.33. The summed E-state index contributed by atoms with van der Waals surface area (Å²) in [6.45, 7) is 3.40. The first-order valence-electron chi connectivity index (χ1n) is 6.95. The summed E-state index contributed by atoms with van der Waals surface area (Å²) < 4.78 is 0. The molecule has 0 spiro atoms. The van der Waals surface area contributed by atoms with Crippen molar-refractivity contribution in [1.82, 2.24) is 10.6 Å². The fourth-order valence-corrected chi connectivity index (χ4v) is 2.81. The second-order valence-corrected chi connectivity index (χ2v) is 5.45. The Bertz CT molecular complexity index is 430. The Morgan fingerprint density at radius 2 is 2.11 bits per heavy atom. The predicted molar refractivity (Wildman–Crippen MR) is 78.5 cm³/mol. The van der Waals surface area contributed by atoms with Crippen molar-refractivity contribution < 1.29 is 4.79 Å².